The molecule has 0 unspecified atom stereocenters. The third-order valence-electron chi connectivity index (χ3n) is 3.42. The molecule has 2 rings (SSSR count). The molecule has 0 aliphatic heterocycles. The number of furan rings is 1. The first kappa shape index (κ1) is 18.4. The van der Waals surface area contributed by atoms with Crippen LogP contribution in [0.2, 0.25) is 0 Å². The molecule has 134 valence electrons. The van der Waals surface area contributed by atoms with Crippen molar-refractivity contribution < 1.29 is 28.2 Å². The van der Waals surface area contributed by atoms with E-state index in [-0.39, 0.29) is 19.1 Å². The third kappa shape index (κ3) is 5.56. The van der Waals surface area contributed by atoms with Crippen molar-refractivity contribution in [3.63, 3.8) is 0 Å². The van der Waals surface area contributed by atoms with Gasteiger partial charge >= 0.3 is 5.97 Å². The van der Waals surface area contributed by atoms with E-state index in [4.69, 9.17) is 18.6 Å². The number of ether oxygens (including phenoxy) is 3. The number of amides is 1. The van der Waals surface area contributed by atoms with Gasteiger partial charge in [0.15, 0.2) is 24.7 Å². The van der Waals surface area contributed by atoms with Crippen molar-refractivity contribution in [3.05, 3.63) is 47.9 Å². The van der Waals surface area contributed by atoms with Gasteiger partial charge in [-0.1, -0.05) is 6.07 Å². The number of hydrogen-bond donors (Lipinski definition) is 0. The molecule has 0 bridgehead atoms. The summed E-state index contributed by atoms with van der Waals surface area (Å²) >= 11 is 0. The van der Waals surface area contributed by atoms with E-state index in [1.807, 2.05) is 13.0 Å². The average Bonchev–Trinajstić information content (AvgIpc) is 3.11. The molecule has 0 radical (unpaired) electrons. The van der Waals surface area contributed by atoms with Gasteiger partial charge in [0, 0.05) is 7.05 Å². The predicted molar refractivity (Wildman–Crippen MR) is 89.4 cm³/mol. The normalized spacial score (nSPS) is 10.2. The molecular formula is C18H21NO6. The highest BCUT2D eigenvalue weighted by atomic mass is 16.6. The molecule has 7 nitrogen and oxygen atoms in total. The van der Waals surface area contributed by atoms with Crippen LogP contribution >= 0.6 is 0 Å². The van der Waals surface area contributed by atoms with E-state index in [1.165, 1.54) is 18.3 Å². The zero-order chi connectivity index (χ0) is 18.2. The number of carbonyl (C=O) groups excluding carboxylic acids is 2. The molecule has 1 amide bonds. The topological polar surface area (TPSA) is 78.2 Å². The molecule has 0 N–H and O–H groups in total. The highest BCUT2D eigenvalue weighted by Gasteiger charge is 2.14. The van der Waals surface area contributed by atoms with Gasteiger partial charge in [-0.05, 0) is 36.8 Å². The Balaban J connectivity index is 1.76. The van der Waals surface area contributed by atoms with Gasteiger partial charge in [-0.25, -0.2) is 4.79 Å². The number of aryl methyl sites for hydroxylation is 1. The number of rotatable bonds is 8. The molecule has 0 atom stereocenters. The van der Waals surface area contributed by atoms with Crippen LogP contribution in [0.25, 0.3) is 0 Å². The Bertz CT molecular complexity index is 710. The Labute approximate surface area is 146 Å². The van der Waals surface area contributed by atoms with Crippen molar-refractivity contribution >= 4 is 11.9 Å². The fourth-order valence-corrected chi connectivity index (χ4v) is 2.05. The lowest BCUT2D eigenvalue weighted by atomic mass is 10.2. The Hall–Kier alpha value is -2.96. The maximum Gasteiger partial charge on any atom is 0.344 e. The summed E-state index contributed by atoms with van der Waals surface area (Å²) in [5.41, 5.74) is 1.01. The predicted octanol–water partition coefficient (Wildman–Crippen LogP) is 2.18. The van der Waals surface area contributed by atoms with Crippen LogP contribution < -0.4 is 9.47 Å². The Morgan fingerprint density at radius 2 is 1.96 bits per heavy atom. The second-order valence-electron chi connectivity index (χ2n) is 5.43. The monoisotopic (exact) mass is 347 g/mol. The first-order chi connectivity index (χ1) is 12.0. The van der Waals surface area contributed by atoms with Crippen LogP contribution in [-0.2, 0) is 20.9 Å². The number of carbonyl (C=O) groups is 2. The molecule has 0 spiro atoms. The van der Waals surface area contributed by atoms with Crippen LogP contribution in [0.3, 0.4) is 0 Å². The van der Waals surface area contributed by atoms with Gasteiger partial charge in [0.2, 0.25) is 0 Å². The number of methoxy groups -OCH3 is 1. The standard InChI is InChI=1S/C18H21NO6/c1-13-6-7-15(16(9-13)22-3)24-12-18(21)25-11-17(20)19(2)10-14-5-4-8-23-14/h4-9H,10-12H2,1-3H3. The SMILES string of the molecule is COc1cc(C)ccc1OCC(=O)OCC(=O)N(C)Cc1ccco1. The van der Waals surface area contributed by atoms with E-state index in [0.717, 1.165) is 5.56 Å². The number of benzene rings is 1. The number of hydrogen-bond acceptors (Lipinski definition) is 6. The van der Waals surface area contributed by atoms with Crippen molar-refractivity contribution in [1.29, 1.82) is 0 Å². The minimum atomic E-state index is -0.637. The van der Waals surface area contributed by atoms with Gasteiger partial charge in [0.05, 0.1) is 19.9 Å². The van der Waals surface area contributed by atoms with Crippen LogP contribution in [0.1, 0.15) is 11.3 Å². The van der Waals surface area contributed by atoms with E-state index < -0.39 is 5.97 Å². The molecule has 2 aromatic rings. The van der Waals surface area contributed by atoms with Crippen LogP contribution in [0.4, 0.5) is 0 Å². The zero-order valence-corrected chi connectivity index (χ0v) is 14.5. The van der Waals surface area contributed by atoms with Gasteiger partial charge in [-0.3, -0.25) is 4.79 Å². The molecule has 0 saturated heterocycles. The first-order valence-electron chi connectivity index (χ1n) is 7.69. The molecule has 7 heteroatoms. The van der Waals surface area contributed by atoms with Crippen LogP contribution in [0.15, 0.2) is 41.0 Å². The van der Waals surface area contributed by atoms with E-state index >= 15 is 0 Å². The van der Waals surface area contributed by atoms with E-state index in [1.54, 1.807) is 31.3 Å². The minimum absolute atomic E-state index is 0.306. The largest absolute Gasteiger partial charge is 0.493 e. The summed E-state index contributed by atoms with van der Waals surface area (Å²) in [5.74, 6) is 0.644. The number of nitrogens with zero attached hydrogens (tertiary/aromatic N) is 1. The summed E-state index contributed by atoms with van der Waals surface area (Å²) < 4.78 is 20.7. The summed E-state index contributed by atoms with van der Waals surface area (Å²) in [6.45, 7) is 1.56. The Morgan fingerprint density at radius 3 is 2.64 bits per heavy atom. The fraction of sp³-hybridized carbons (Fsp3) is 0.333. The number of likely N-dealkylation sites (N-methyl/N-ethyl adjacent to an activating group) is 1. The lowest BCUT2D eigenvalue weighted by molar-refractivity contribution is -0.153. The molecule has 0 aliphatic rings. The molecule has 0 fully saturated rings. The zero-order valence-electron chi connectivity index (χ0n) is 14.5. The second-order valence-corrected chi connectivity index (χ2v) is 5.43. The molecular weight excluding hydrogens is 326 g/mol. The minimum Gasteiger partial charge on any atom is -0.493 e. The summed E-state index contributed by atoms with van der Waals surface area (Å²) in [6.07, 6.45) is 1.53. The maximum atomic E-state index is 11.9. The second kappa shape index (κ2) is 8.77. The molecule has 1 aromatic carbocycles. The van der Waals surface area contributed by atoms with Gasteiger partial charge in [0.25, 0.3) is 5.91 Å². The highest BCUT2D eigenvalue weighted by Crippen LogP contribution is 2.27. The molecule has 1 heterocycles. The van der Waals surface area contributed by atoms with Gasteiger partial charge < -0.3 is 23.5 Å². The van der Waals surface area contributed by atoms with E-state index in [2.05, 4.69) is 0 Å². The Kier molecular flexibility index (Phi) is 6.45. The quantitative estimate of drug-likeness (QED) is 0.681. The van der Waals surface area contributed by atoms with Crippen LogP contribution in [-0.4, -0.2) is 44.1 Å². The number of esters is 1. The molecule has 1 aromatic heterocycles. The van der Waals surface area contributed by atoms with Crippen molar-refractivity contribution in [3.8, 4) is 11.5 Å². The smallest absolute Gasteiger partial charge is 0.344 e. The molecule has 25 heavy (non-hydrogen) atoms. The van der Waals surface area contributed by atoms with Gasteiger partial charge in [-0.15, -0.1) is 0 Å². The van der Waals surface area contributed by atoms with Crippen LogP contribution in [0.5, 0.6) is 11.5 Å². The summed E-state index contributed by atoms with van der Waals surface area (Å²) in [5, 5.41) is 0. The third-order valence-corrected chi connectivity index (χ3v) is 3.42. The van der Waals surface area contributed by atoms with Crippen molar-refractivity contribution in [2.75, 3.05) is 27.4 Å². The maximum absolute atomic E-state index is 11.9. The van der Waals surface area contributed by atoms with Gasteiger partial charge in [-0.2, -0.15) is 0 Å². The van der Waals surface area contributed by atoms with Crippen molar-refractivity contribution in [2.45, 2.75) is 13.5 Å². The molecule has 0 aliphatic carbocycles. The summed E-state index contributed by atoms with van der Waals surface area (Å²) in [7, 11) is 3.12. The Morgan fingerprint density at radius 1 is 1.16 bits per heavy atom. The van der Waals surface area contributed by atoms with Gasteiger partial charge in [0.1, 0.15) is 5.76 Å². The first-order valence-corrected chi connectivity index (χ1v) is 7.69. The van der Waals surface area contributed by atoms with E-state index in [9.17, 15) is 9.59 Å². The van der Waals surface area contributed by atoms with Crippen molar-refractivity contribution in [1.82, 2.24) is 4.90 Å². The lowest BCUT2D eigenvalue weighted by Gasteiger charge is -2.16. The van der Waals surface area contributed by atoms with E-state index in [0.29, 0.717) is 23.8 Å². The fourth-order valence-electron chi connectivity index (χ4n) is 2.05. The molecule has 0 saturated carbocycles. The lowest BCUT2D eigenvalue weighted by Crippen LogP contribution is -2.31. The highest BCUT2D eigenvalue weighted by molar-refractivity contribution is 5.80. The average molecular weight is 347 g/mol. The summed E-state index contributed by atoms with van der Waals surface area (Å²) in [6, 6.07) is 8.86. The van der Waals surface area contributed by atoms with Crippen molar-refractivity contribution in [2.24, 2.45) is 0 Å². The summed E-state index contributed by atoms with van der Waals surface area (Å²) in [4.78, 5) is 25.1. The van der Waals surface area contributed by atoms with Crippen LogP contribution in [0, 0.1) is 6.92 Å².